The van der Waals surface area contributed by atoms with Crippen molar-refractivity contribution in [2.45, 2.75) is 45.7 Å². The van der Waals surface area contributed by atoms with Crippen LogP contribution >= 0.6 is 11.6 Å². The van der Waals surface area contributed by atoms with Gasteiger partial charge in [-0.25, -0.2) is 4.98 Å². The monoisotopic (exact) mass is 455 g/mol. The van der Waals surface area contributed by atoms with Crippen molar-refractivity contribution in [3.63, 3.8) is 0 Å². The van der Waals surface area contributed by atoms with E-state index in [1.54, 1.807) is 6.92 Å². The van der Waals surface area contributed by atoms with Gasteiger partial charge in [-0.1, -0.05) is 29.8 Å². The first-order valence-electron chi connectivity index (χ1n) is 10.9. The van der Waals surface area contributed by atoms with E-state index >= 15 is 0 Å². The fourth-order valence-corrected chi connectivity index (χ4v) is 3.63. The third-order valence-electron chi connectivity index (χ3n) is 5.17. The number of nitrogens with zero attached hydrogens (tertiary/aromatic N) is 2. The molecule has 1 aromatic heterocycles. The molecule has 32 heavy (non-hydrogen) atoms. The van der Waals surface area contributed by atoms with Gasteiger partial charge in [0.2, 0.25) is 0 Å². The lowest BCUT2D eigenvalue weighted by molar-refractivity contribution is -0.143. The Morgan fingerprint density at radius 2 is 1.94 bits per heavy atom. The number of benzene rings is 2. The molecule has 0 fully saturated rings. The van der Waals surface area contributed by atoms with Crippen LogP contribution in [-0.2, 0) is 16.1 Å². The summed E-state index contributed by atoms with van der Waals surface area (Å²) in [4.78, 5) is 16.1. The van der Waals surface area contributed by atoms with Crippen LogP contribution in [0.25, 0.3) is 11.4 Å². The predicted molar refractivity (Wildman–Crippen MR) is 127 cm³/mol. The molecule has 0 unspecified atom stereocenters. The minimum atomic E-state index is -0.251. The summed E-state index contributed by atoms with van der Waals surface area (Å²) in [5.41, 5.74) is 9.17. The molecule has 1 heterocycles. The summed E-state index contributed by atoms with van der Waals surface area (Å²) < 4.78 is 13.2. The molecule has 1 atom stereocenters. The summed E-state index contributed by atoms with van der Waals surface area (Å²) in [5, 5.41) is 0.698. The maximum absolute atomic E-state index is 11.5. The number of esters is 1. The third kappa shape index (κ3) is 6.58. The third-order valence-corrected chi connectivity index (χ3v) is 5.42. The van der Waals surface area contributed by atoms with E-state index in [1.807, 2.05) is 55.6 Å². The van der Waals surface area contributed by atoms with Gasteiger partial charge in [-0.05, 0) is 57.0 Å². The van der Waals surface area contributed by atoms with Gasteiger partial charge in [0.1, 0.15) is 11.6 Å². The highest BCUT2D eigenvalue weighted by molar-refractivity contribution is 6.30. The number of carbonyl (C=O) groups is 1. The number of para-hydroxylation sites is 1. The number of hydrogen-bond acceptors (Lipinski definition) is 5. The molecule has 0 spiro atoms. The van der Waals surface area contributed by atoms with Gasteiger partial charge in [-0.2, -0.15) is 0 Å². The van der Waals surface area contributed by atoms with Crippen LogP contribution in [0, 0.1) is 6.92 Å². The molecule has 0 amide bonds. The van der Waals surface area contributed by atoms with Crippen LogP contribution in [0.15, 0.2) is 54.7 Å². The van der Waals surface area contributed by atoms with Crippen molar-refractivity contribution in [3.8, 4) is 17.1 Å². The lowest BCUT2D eigenvalue weighted by Gasteiger charge is -2.16. The zero-order valence-corrected chi connectivity index (χ0v) is 19.3. The fraction of sp³-hybridized carbons (Fsp3) is 0.360. The van der Waals surface area contributed by atoms with Crippen LogP contribution in [0.3, 0.4) is 0 Å². The molecule has 3 aromatic rings. The second kappa shape index (κ2) is 11.7. The number of hydrogen-bond donors (Lipinski definition) is 1. The highest BCUT2D eigenvalue weighted by atomic mass is 35.5. The molecule has 3 rings (SSSR count). The highest BCUT2D eigenvalue weighted by Gasteiger charge is 2.13. The van der Waals surface area contributed by atoms with Crippen molar-refractivity contribution in [2.75, 3.05) is 13.2 Å². The molecule has 0 aliphatic carbocycles. The fourth-order valence-electron chi connectivity index (χ4n) is 3.50. The van der Waals surface area contributed by atoms with Gasteiger partial charge in [0.15, 0.2) is 0 Å². The van der Waals surface area contributed by atoms with Crippen molar-refractivity contribution >= 4 is 17.6 Å². The van der Waals surface area contributed by atoms with Crippen LogP contribution in [0.2, 0.25) is 5.02 Å². The first-order valence-corrected chi connectivity index (χ1v) is 11.3. The number of nitrogens with two attached hydrogens (primary N) is 1. The number of aromatic nitrogens is 2. The van der Waals surface area contributed by atoms with Crippen LogP contribution in [0.5, 0.6) is 5.75 Å². The lowest BCUT2D eigenvalue weighted by atomic mass is 10.1. The number of imidazole rings is 1. The molecule has 0 aliphatic heterocycles. The van der Waals surface area contributed by atoms with Crippen molar-refractivity contribution < 1.29 is 14.3 Å². The van der Waals surface area contributed by atoms with Crippen LogP contribution in [0.1, 0.15) is 37.4 Å². The molecule has 7 heteroatoms. The average Bonchev–Trinajstić information content (AvgIpc) is 3.13. The van der Waals surface area contributed by atoms with Gasteiger partial charge >= 0.3 is 5.97 Å². The molecule has 170 valence electrons. The van der Waals surface area contributed by atoms with E-state index in [2.05, 4.69) is 15.6 Å². The Balaban J connectivity index is 1.62. The van der Waals surface area contributed by atoms with Crippen molar-refractivity contribution in [1.29, 1.82) is 0 Å². The summed E-state index contributed by atoms with van der Waals surface area (Å²) in [6.45, 7) is 5.38. The molecule has 0 bridgehead atoms. The first kappa shape index (κ1) is 23.8. The van der Waals surface area contributed by atoms with Gasteiger partial charge < -0.3 is 19.8 Å². The standard InChI is InChI=1S/C25H30ClN3O3/c1-3-31-24(30)15-22(27)8-6-14-32-23-9-5-4-7-20(23)17-29-18(2)16-28-25(29)19-10-12-21(26)13-11-19/h4-5,7,9-13,16,22H,3,6,8,14-15,17,27H2,1-2H3/t22-/m1/s1. The Morgan fingerprint density at radius 3 is 2.69 bits per heavy atom. The van der Waals surface area contributed by atoms with Crippen molar-refractivity contribution in [3.05, 3.63) is 71.0 Å². The average molecular weight is 456 g/mol. The number of halogens is 1. The molecule has 0 aliphatic rings. The Labute approximate surface area is 194 Å². The summed E-state index contributed by atoms with van der Waals surface area (Å²) >= 11 is 6.04. The van der Waals surface area contributed by atoms with Crippen LogP contribution < -0.4 is 10.5 Å². The predicted octanol–water partition coefficient (Wildman–Crippen LogP) is 5.00. The Morgan fingerprint density at radius 1 is 1.19 bits per heavy atom. The molecular weight excluding hydrogens is 426 g/mol. The van der Waals surface area contributed by atoms with Crippen molar-refractivity contribution in [1.82, 2.24) is 9.55 Å². The highest BCUT2D eigenvalue weighted by Crippen LogP contribution is 2.26. The minimum Gasteiger partial charge on any atom is -0.493 e. The van der Waals surface area contributed by atoms with E-state index in [-0.39, 0.29) is 18.4 Å². The zero-order valence-electron chi connectivity index (χ0n) is 18.6. The second-order valence-electron chi connectivity index (χ2n) is 7.68. The van der Waals surface area contributed by atoms with Crippen LogP contribution in [-0.4, -0.2) is 34.8 Å². The van der Waals surface area contributed by atoms with E-state index < -0.39 is 0 Å². The number of rotatable bonds is 11. The summed E-state index contributed by atoms with van der Waals surface area (Å²) in [5.74, 6) is 1.47. The number of ether oxygens (including phenoxy) is 2. The van der Waals surface area contributed by atoms with E-state index in [4.69, 9.17) is 26.8 Å². The van der Waals surface area contributed by atoms with Crippen molar-refractivity contribution in [2.24, 2.45) is 5.73 Å². The molecule has 0 radical (unpaired) electrons. The van der Waals surface area contributed by atoms with Crippen LogP contribution in [0.4, 0.5) is 0 Å². The van der Waals surface area contributed by atoms with E-state index in [0.29, 0.717) is 31.2 Å². The smallest absolute Gasteiger partial charge is 0.307 e. The Bertz CT molecular complexity index is 1020. The normalized spacial score (nSPS) is 11.9. The van der Waals surface area contributed by atoms with E-state index in [9.17, 15) is 4.79 Å². The minimum absolute atomic E-state index is 0.219. The van der Waals surface area contributed by atoms with Gasteiger partial charge in [0.05, 0.1) is 26.2 Å². The number of aryl methyl sites for hydroxylation is 1. The van der Waals surface area contributed by atoms with Gasteiger partial charge in [-0.3, -0.25) is 4.79 Å². The first-order chi connectivity index (χ1) is 15.5. The maximum Gasteiger partial charge on any atom is 0.307 e. The zero-order chi connectivity index (χ0) is 22.9. The quantitative estimate of drug-likeness (QED) is 0.325. The van der Waals surface area contributed by atoms with Gasteiger partial charge in [0.25, 0.3) is 0 Å². The molecule has 6 nitrogen and oxygen atoms in total. The molecule has 0 saturated heterocycles. The maximum atomic E-state index is 11.5. The second-order valence-corrected chi connectivity index (χ2v) is 8.12. The largest absolute Gasteiger partial charge is 0.493 e. The Hall–Kier alpha value is -2.83. The lowest BCUT2D eigenvalue weighted by Crippen LogP contribution is -2.25. The number of carbonyl (C=O) groups excluding carboxylic acids is 1. The SMILES string of the molecule is CCOC(=O)C[C@H](N)CCCOc1ccccc1Cn1c(C)cnc1-c1ccc(Cl)cc1. The topological polar surface area (TPSA) is 79.4 Å². The van der Waals surface area contributed by atoms with E-state index in [0.717, 1.165) is 34.8 Å². The molecule has 0 saturated carbocycles. The molecular formula is C25H30ClN3O3. The summed E-state index contributed by atoms with van der Waals surface area (Å²) in [6, 6.07) is 15.5. The summed E-state index contributed by atoms with van der Waals surface area (Å²) in [7, 11) is 0. The van der Waals surface area contributed by atoms with Gasteiger partial charge in [-0.15, -0.1) is 0 Å². The van der Waals surface area contributed by atoms with E-state index in [1.165, 1.54) is 0 Å². The molecule has 2 N–H and O–H groups in total. The molecule has 2 aromatic carbocycles. The summed E-state index contributed by atoms with van der Waals surface area (Å²) in [6.07, 6.45) is 3.56. The van der Waals surface area contributed by atoms with Gasteiger partial charge in [0, 0.05) is 34.1 Å². The Kier molecular flexibility index (Phi) is 8.71.